The molecule has 0 radical (unpaired) electrons. The van der Waals surface area contributed by atoms with E-state index in [0.29, 0.717) is 0 Å². The van der Waals surface area contributed by atoms with Gasteiger partial charge in [0.15, 0.2) is 0 Å². The van der Waals surface area contributed by atoms with E-state index >= 15 is 0 Å². The van der Waals surface area contributed by atoms with Crippen LogP contribution in [0.3, 0.4) is 0 Å². The van der Waals surface area contributed by atoms with Crippen LogP contribution in [-0.4, -0.2) is 14.9 Å². The number of hydrogen-bond acceptors (Lipinski definition) is 5. The number of carbonyl (C=O) groups is 1. The van der Waals surface area contributed by atoms with Crippen LogP contribution < -0.4 is 4.74 Å². The molecule has 0 amide bonds. The number of hydrogen-bond donors (Lipinski definition) is 0. The van der Waals surface area contributed by atoms with Crippen LogP contribution in [0.1, 0.15) is 0 Å². The molecule has 1 rings (SSSR count). The van der Waals surface area contributed by atoms with Crippen molar-refractivity contribution in [1.29, 1.82) is 0 Å². The molecule has 0 saturated heterocycles. The first-order valence-corrected chi connectivity index (χ1v) is 4.23. The second-order valence-corrected chi connectivity index (χ2v) is 2.53. The Balaban J connectivity index is 2.50. The van der Waals surface area contributed by atoms with Gasteiger partial charge in [-0.15, -0.1) is 0 Å². The maximum Gasteiger partial charge on any atom is 0.527 e. The molecule has 70 valence electrons. The van der Waals surface area contributed by atoms with Crippen molar-refractivity contribution in [2.75, 3.05) is 0 Å². The molecule has 0 aliphatic rings. The van der Waals surface area contributed by atoms with Gasteiger partial charge in [0.05, 0.1) is 0 Å². The molecule has 0 bridgehead atoms. The van der Waals surface area contributed by atoms with Gasteiger partial charge < -0.3 is 13.5 Å². The average Bonchev–Trinajstić information content (AvgIpc) is 2.04. The summed E-state index contributed by atoms with van der Waals surface area (Å²) in [6.45, 7) is 0. The van der Waals surface area contributed by atoms with Gasteiger partial charge >= 0.3 is 6.16 Å². The number of rotatable bonds is 2. The minimum Gasteiger partial charge on any atom is -0.740 e. The molecule has 1 aromatic carbocycles. The molecule has 6 heteroatoms. The third-order valence-electron chi connectivity index (χ3n) is 1.08. The number of carbonyl (C=O) groups excluding carboxylic acids is 1. The van der Waals surface area contributed by atoms with Crippen LogP contribution in [0.15, 0.2) is 30.3 Å². The highest BCUT2D eigenvalue weighted by atomic mass is 32.2. The van der Waals surface area contributed by atoms with Gasteiger partial charge in [-0.1, -0.05) is 18.2 Å². The van der Waals surface area contributed by atoms with Crippen molar-refractivity contribution in [1.82, 2.24) is 0 Å². The summed E-state index contributed by atoms with van der Waals surface area (Å²) < 4.78 is 27.9. The fraction of sp³-hybridized carbons (Fsp3) is 0. The number of ether oxygens (including phenoxy) is 1. The Labute approximate surface area is 76.8 Å². The number of benzene rings is 1. The van der Waals surface area contributed by atoms with Crippen LogP contribution in [0.4, 0.5) is 4.79 Å². The van der Waals surface area contributed by atoms with Gasteiger partial charge in [0.2, 0.25) is 0 Å². The van der Waals surface area contributed by atoms with Crippen LogP contribution in [0.25, 0.3) is 0 Å². The summed E-state index contributed by atoms with van der Waals surface area (Å²) in [6, 6.07) is 7.99. The largest absolute Gasteiger partial charge is 0.740 e. The van der Waals surface area contributed by atoms with E-state index in [0.717, 1.165) is 0 Å². The Hall–Kier alpha value is -1.40. The minimum atomic E-state index is -2.89. The lowest BCUT2D eigenvalue weighted by molar-refractivity contribution is 0.152. The third-order valence-corrected chi connectivity index (χ3v) is 1.35. The average molecular weight is 201 g/mol. The van der Waals surface area contributed by atoms with E-state index in [1.54, 1.807) is 18.2 Å². The Kier molecular flexibility index (Phi) is 3.41. The summed E-state index contributed by atoms with van der Waals surface area (Å²) in [5.41, 5.74) is 0. The Bertz CT molecular complexity index is 310. The van der Waals surface area contributed by atoms with E-state index in [-0.39, 0.29) is 5.75 Å². The standard InChI is InChI=1S/C7H6O5S/c8-7(12-13(9)10)11-6-4-2-1-3-5-6/h1-5H,(H,9,10)/p-1. The maximum absolute atomic E-state index is 10.6. The molecule has 1 unspecified atom stereocenters. The van der Waals surface area contributed by atoms with E-state index in [1.807, 2.05) is 0 Å². The lowest BCUT2D eigenvalue weighted by atomic mass is 10.3. The Morgan fingerprint density at radius 1 is 1.31 bits per heavy atom. The van der Waals surface area contributed by atoms with Crippen molar-refractivity contribution >= 4 is 17.5 Å². The van der Waals surface area contributed by atoms with Gasteiger partial charge in [0.1, 0.15) is 17.1 Å². The van der Waals surface area contributed by atoms with E-state index in [9.17, 15) is 13.6 Å². The Morgan fingerprint density at radius 3 is 2.46 bits per heavy atom. The van der Waals surface area contributed by atoms with Gasteiger partial charge in [-0.2, -0.15) is 0 Å². The molecule has 0 spiro atoms. The maximum atomic E-state index is 10.6. The fourth-order valence-electron chi connectivity index (χ4n) is 0.657. The fourth-order valence-corrected chi connectivity index (χ4v) is 0.802. The topological polar surface area (TPSA) is 75.7 Å². The van der Waals surface area contributed by atoms with Gasteiger partial charge in [-0.3, -0.25) is 0 Å². The molecule has 0 aromatic heterocycles. The van der Waals surface area contributed by atoms with Gasteiger partial charge in [-0.05, 0) is 12.1 Å². The summed E-state index contributed by atoms with van der Waals surface area (Å²) >= 11 is -2.89. The SMILES string of the molecule is O=C(Oc1ccccc1)OS(=O)[O-]. The lowest BCUT2D eigenvalue weighted by Crippen LogP contribution is -2.11. The van der Waals surface area contributed by atoms with Crippen molar-refractivity contribution in [2.45, 2.75) is 0 Å². The molecule has 0 heterocycles. The molecule has 1 atom stereocenters. The molecule has 5 nitrogen and oxygen atoms in total. The monoisotopic (exact) mass is 201 g/mol. The molecular weight excluding hydrogens is 196 g/mol. The highest BCUT2D eigenvalue weighted by molar-refractivity contribution is 7.74. The molecule has 0 fully saturated rings. The van der Waals surface area contributed by atoms with E-state index in [1.165, 1.54) is 12.1 Å². The lowest BCUT2D eigenvalue weighted by Gasteiger charge is -2.05. The van der Waals surface area contributed by atoms with E-state index < -0.39 is 17.5 Å². The van der Waals surface area contributed by atoms with E-state index in [2.05, 4.69) is 8.92 Å². The molecule has 1 aromatic rings. The zero-order valence-electron chi connectivity index (χ0n) is 6.34. The predicted molar refractivity (Wildman–Crippen MR) is 42.5 cm³/mol. The molecule has 0 N–H and O–H groups in total. The highest BCUT2D eigenvalue weighted by Crippen LogP contribution is 2.09. The van der Waals surface area contributed by atoms with Crippen molar-refractivity contribution in [3.05, 3.63) is 30.3 Å². The first-order valence-electron chi connectivity index (χ1n) is 3.23. The summed E-state index contributed by atoms with van der Waals surface area (Å²) in [5, 5.41) is 0. The quantitative estimate of drug-likeness (QED) is 0.405. The summed E-state index contributed by atoms with van der Waals surface area (Å²) in [4.78, 5) is 10.6. The van der Waals surface area contributed by atoms with E-state index in [4.69, 9.17) is 0 Å². The molecule has 13 heavy (non-hydrogen) atoms. The van der Waals surface area contributed by atoms with Crippen LogP contribution in [0, 0.1) is 0 Å². The molecule has 0 saturated carbocycles. The normalized spacial score (nSPS) is 11.8. The first-order chi connectivity index (χ1) is 6.18. The summed E-state index contributed by atoms with van der Waals surface area (Å²) in [6.07, 6.45) is -1.28. The Morgan fingerprint density at radius 2 is 1.92 bits per heavy atom. The second-order valence-electron chi connectivity index (χ2n) is 1.95. The second kappa shape index (κ2) is 4.58. The van der Waals surface area contributed by atoms with Crippen molar-refractivity contribution in [3.8, 4) is 5.75 Å². The van der Waals surface area contributed by atoms with Crippen molar-refractivity contribution < 1.29 is 22.5 Å². The third kappa shape index (κ3) is 3.68. The van der Waals surface area contributed by atoms with Crippen molar-refractivity contribution in [2.24, 2.45) is 0 Å². The van der Waals surface area contributed by atoms with Gasteiger partial charge in [-0.25, -0.2) is 9.00 Å². The zero-order chi connectivity index (χ0) is 9.68. The molecule has 0 aliphatic carbocycles. The smallest absolute Gasteiger partial charge is 0.527 e. The van der Waals surface area contributed by atoms with Crippen LogP contribution >= 0.6 is 0 Å². The zero-order valence-corrected chi connectivity index (χ0v) is 7.15. The van der Waals surface area contributed by atoms with Crippen molar-refractivity contribution in [3.63, 3.8) is 0 Å². The molecular formula is C7H5O5S-. The minimum absolute atomic E-state index is 0.220. The van der Waals surface area contributed by atoms with Crippen LogP contribution in [0.5, 0.6) is 5.75 Å². The summed E-state index contributed by atoms with van der Waals surface area (Å²) in [7, 11) is 0. The highest BCUT2D eigenvalue weighted by Gasteiger charge is 2.04. The summed E-state index contributed by atoms with van der Waals surface area (Å²) in [5.74, 6) is 0.220. The first kappa shape index (κ1) is 9.69. The van der Waals surface area contributed by atoms with Crippen LogP contribution in [0.2, 0.25) is 0 Å². The number of para-hydroxylation sites is 1. The van der Waals surface area contributed by atoms with Crippen LogP contribution in [-0.2, 0) is 15.5 Å². The molecule has 0 aliphatic heterocycles. The van der Waals surface area contributed by atoms with Gasteiger partial charge in [0.25, 0.3) is 0 Å². The van der Waals surface area contributed by atoms with Gasteiger partial charge in [0, 0.05) is 0 Å². The predicted octanol–water partition coefficient (Wildman–Crippen LogP) is 0.996.